The molecule has 0 amide bonds. The molecule has 2 nitrogen and oxygen atoms in total. The molecule has 3 unspecified atom stereocenters. The van der Waals surface area contributed by atoms with Crippen molar-refractivity contribution in [3.8, 4) is 0 Å². The molecule has 2 saturated heterocycles. The van der Waals surface area contributed by atoms with E-state index in [1.165, 1.54) is 25.4 Å². The molecule has 0 aromatic heterocycles. The molecule has 2 aliphatic rings. The average molecular weight is 186 g/mol. The fraction of sp³-hybridized carbons (Fsp3) is 1.00. The van der Waals surface area contributed by atoms with Gasteiger partial charge in [0.05, 0.1) is 0 Å². The van der Waals surface area contributed by atoms with Crippen LogP contribution in [0.2, 0.25) is 0 Å². The largest absolute Gasteiger partial charge is 0.316 e. The van der Waals surface area contributed by atoms with Gasteiger partial charge in [0.1, 0.15) is 0 Å². The molecule has 12 heavy (non-hydrogen) atoms. The highest BCUT2D eigenvalue weighted by Gasteiger charge is 2.41. The van der Waals surface area contributed by atoms with Gasteiger partial charge in [0.25, 0.3) is 0 Å². The van der Waals surface area contributed by atoms with Gasteiger partial charge in [-0.05, 0) is 13.6 Å². The molecule has 0 saturated carbocycles. The Balaban J connectivity index is 1.96. The second-order valence-electron chi connectivity index (χ2n) is 3.78. The molecule has 2 fully saturated rings. The molecular formula is C9H18N2S. The normalized spacial score (nSPS) is 42.0. The predicted molar refractivity (Wildman–Crippen MR) is 54.7 cm³/mol. The number of thioether (sulfide) groups is 1. The Morgan fingerprint density at radius 2 is 2.33 bits per heavy atom. The van der Waals surface area contributed by atoms with Crippen molar-refractivity contribution in [2.45, 2.75) is 18.2 Å². The first-order chi connectivity index (χ1) is 5.85. The first-order valence-corrected chi connectivity index (χ1v) is 5.91. The van der Waals surface area contributed by atoms with E-state index in [0.717, 1.165) is 17.2 Å². The summed E-state index contributed by atoms with van der Waals surface area (Å²) in [5, 5.41) is 4.35. The first-order valence-electron chi connectivity index (χ1n) is 4.86. The summed E-state index contributed by atoms with van der Waals surface area (Å²) in [6.45, 7) is 6.13. The van der Waals surface area contributed by atoms with Gasteiger partial charge < -0.3 is 10.2 Å². The maximum Gasteiger partial charge on any atom is 0.0231 e. The Kier molecular flexibility index (Phi) is 2.63. The summed E-state index contributed by atoms with van der Waals surface area (Å²) < 4.78 is 0. The second-order valence-corrected chi connectivity index (χ2v) is 5.06. The predicted octanol–water partition coefficient (Wildman–Crippen LogP) is 0.641. The molecule has 0 aliphatic carbocycles. The minimum atomic E-state index is 0.775. The van der Waals surface area contributed by atoms with Gasteiger partial charge in [-0.25, -0.2) is 0 Å². The van der Waals surface area contributed by atoms with Crippen LogP contribution < -0.4 is 5.32 Å². The lowest BCUT2D eigenvalue weighted by atomic mass is 10.0. The SMILES string of the molecule is CCN1CC2SCC(NC)C2C1. The van der Waals surface area contributed by atoms with E-state index in [4.69, 9.17) is 0 Å². The molecule has 3 atom stereocenters. The fourth-order valence-corrected chi connectivity index (χ4v) is 4.06. The van der Waals surface area contributed by atoms with Gasteiger partial charge in [0.2, 0.25) is 0 Å². The molecule has 0 aromatic carbocycles. The molecular weight excluding hydrogens is 168 g/mol. The van der Waals surface area contributed by atoms with Crippen molar-refractivity contribution in [2.24, 2.45) is 5.92 Å². The standard InChI is InChI=1S/C9H18N2S/c1-3-11-4-7-8(10-2)6-12-9(7)5-11/h7-10H,3-6H2,1-2H3. The minimum absolute atomic E-state index is 0.775. The third-order valence-electron chi connectivity index (χ3n) is 3.21. The monoisotopic (exact) mass is 186 g/mol. The quantitative estimate of drug-likeness (QED) is 0.681. The van der Waals surface area contributed by atoms with Crippen LogP contribution in [0, 0.1) is 5.92 Å². The number of fused-ring (bicyclic) bond motifs is 1. The number of hydrogen-bond acceptors (Lipinski definition) is 3. The number of nitrogens with one attached hydrogen (secondary N) is 1. The molecule has 3 heteroatoms. The van der Waals surface area contributed by atoms with Crippen molar-refractivity contribution >= 4 is 11.8 Å². The number of rotatable bonds is 2. The van der Waals surface area contributed by atoms with Crippen LogP contribution in [0.15, 0.2) is 0 Å². The molecule has 2 rings (SSSR count). The van der Waals surface area contributed by atoms with Crippen LogP contribution in [0.5, 0.6) is 0 Å². The van der Waals surface area contributed by atoms with E-state index in [2.05, 4.69) is 35.9 Å². The van der Waals surface area contributed by atoms with E-state index < -0.39 is 0 Å². The Bertz CT molecular complexity index is 163. The minimum Gasteiger partial charge on any atom is -0.316 e. The number of hydrogen-bond donors (Lipinski definition) is 1. The lowest BCUT2D eigenvalue weighted by Gasteiger charge is -2.17. The van der Waals surface area contributed by atoms with E-state index in [0.29, 0.717) is 0 Å². The van der Waals surface area contributed by atoms with Gasteiger partial charge in [-0.3, -0.25) is 0 Å². The van der Waals surface area contributed by atoms with Crippen LogP contribution in [0.4, 0.5) is 0 Å². The highest BCUT2D eigenvalue weighted by Crippen LogP contribution is 2.37. The third-order valence-corrected chi connectivity index (χ3v) is 4.69. The maximum atomic E-state index is 3.43. The molecule has 2 heterocycles. The number of likely N-dealkylation sites (tertiary alicyclic amines) is 1. The molecule has 0 spiro atoms. The van der Waals surface area contributed by atoms with E-state index in [1.54, 1.807) is 0 Å². The van der Waals surface area contributed by atoms with Crippen LogP contribution in [0.1, 0.15) is 6.92 Å². The van der Waals surface area contributed by atoms with Crippen molar-refractivity contribution in [3.05, 3.63) is 0 Å². The highest BCUT2D eigenvalue weighted by molar-refractivity contribution is 8.00. The van der Waals surface area contributed by atoms with Gasteiger partial charge in [-0.15, -0.1) is 0 Å². The summed E-state index contributed by atoms with van der Waals surface area (Å²) >= 11 is 2.16. The molecule has 70 valence electrons. The smallest absolute Gasteiger partial charge is 0.0231 e. The molecule has 0 radical (unpaired) electrons. The van der Waals surface area contributed by atoms with Gasteiger partial charge in [0, 0.05) is 36.1 Å². The summed E-state index contributed by atoms with van der Waals surface area (Å²) in [4.78, 5) is 2.58. The lowest BCUT2D eigenvalue weighted by Crippen LogP contribution is -2.35. The zero-order valence-electron chi connectivity index (χ0n) is 7.92. The van der Waals surface area contributed by atoms with Gasteiger partial charge >= 0.3 is 0 Å². The van der Waals surface area contributed by atoms with Crippen molar-refractivity contribution in [3.63, 3.8) is 0 Å². The number of nitrogens with zero attached hydrogens (tertiary/aromatic N) is 1. The molecule has 2 aliphatic heterocycles. The van der Waals surface area contributed by atoms with Gasteiger partial charge in [0.15, 0.2) is 0 Å². The third kappa shape index (κ3) is 1.38. The zero-order valence-corrected chi connectivity index (χ0v) is 8.73. The van der Waals surface area contributed by atoms with Crippen LogP contribution in [-0.4, -0.2) is 48.6 Å². The Hall–Kier alpha value is 0.270. The zero-order chi connectivity index (χ0) is 8.55. The van der Waals surface area contributed by atoms with Crippen LogP contribution in [0.25, 0.3) is 0 Å². The average Bonchev–Trinajstić information content (AvgIpc) is 2.61. The molecule has 0 aromatic rings. The van der Waals surface area contributed by atoms with E-state index in [1.807, 2.05) is 0 Å². The lowest BCUT2D eigenvalue weighted by molar-refractivity contribution is 0.324. The van der Waals surface area contributed by atoms with E-state index >= 15 is 0 Å². The van der Waals surface area contributed by atoms with Gasteiger partial charge in [-0.1, -0.05) is 6.92 Å². The van der Waals surface area contributed by atoms with Crippen molar-refractivity contribution in [1.82, 2.24) is 10.2 Å². The molecule has 1 N–H and O–H groups in total. The first kappa shape index (κ1) is 8.85. The van der Waals surface area contributed by atoms with Gasteiger partial charge in [-0.2, -0.15) is 11.8 Å². The summed E-state index contributed by atoms with van der Waals surface area (Å²) in [5.74, 6) is 2.24. The Morgan fingerprint density at radius 3 is 3.00 bits per heavy atom. The summed E-state index contributed by atoms with van der Waals surface area (Å²) in [7, 11) is 2.10. The Morgan fingerprint density at radius 1 is 1.50 bits per heavy atom. The topological polar surface area (TPSA) is 15.3 Å². The summed E-state index contributed by atoms with van der Waals surface area (Å²) in [6, 6.07) is 0.775. The Labute approximate surface area is 79.1 Å². The maximum absolute atomic E-state index is 3.43. The van der Waals surface area contributed by atoms with Crippen molar-refractivity contribution in [1.29, 1.82) is 0 Å². The van der Waals surface area contributed by atoms with E-state index in [9.17, 15) is 0 Å². The van der Waals surface area contributed by atoms with Crippen molar-refractivity contribution in [2.75, 3.05) is 32.4 Å². The van der Waals surface area contributed by atoms with E-state index in [-0.39, 0.29) is 0 Å². The van der Waals surface area contributed by atoms with Crippen LogP contribution in [0.3, 0.4) is 0 Å². The summed E-state index contributed by atoms with van der Waals surface area (Å²) in [5.41, 5.74) is 0. The highest BCUT2D eigenvalue weighted by atomic mass is 32.2. The summed E-state index contributed by atoms with van der Waals surface area (Å²) in [6.07, 6.45) is 0. The fourth-order valence-electron chi connectivity index (χ4n) is 2.35. The van der Waals surface area contributed by atoms with Crippen LogP contribution >= 0.6 is 11.8 Å². The van der Waals surface area contributed by atoms with Crippen LogP contribution in [-0.2, 0) is 0 Å². The molecule has 0 bridgehead atoms. The second kappa shape index (κ2) is 3.56. The van der Waals surface area contributed by atoms with Crippen molar-refractivity contribution < 1.29 is 0 Å².